The summed E-state index contributed by atoms with van der Waals surface area (Å²) < 4.78 is 55.2. The SMILES string of the molecule is CCC[C@H]1CC[C@H](c2cc(F)c(/C=C/c3ccc(F)c(F)c3)c(F)c2)CC1. The largest absolute Gasteiger partial charge is 0.206 e. The van der Waals surface area contributed by atoms with Crippen molar-refractivity contribution in [3.63, 3.8) is 0 Å². The van der Waals surface area contributed by atoms with Crippen LogP contribution in [0.1, 0.15) is 68.1 Å². The predicted octanol–water partition coefficient (Wildman–Crippen LogP) is 7.49. The quantitative estimate of drug-likeness (QED) is 0.375. The average Bonchev–Trinajstić information content (AvgIpc) is 2.64. The molecule has 27 heavy (non-hydrogen) atoms. The summed E-state index contributed by atoms with van der Waals surface area (Å²) in [6.07, 6.45) is 9.19. The fourth-order valence-corrected chi connectivity index (χ4v) is 3.99. The van der Waals surface area contributed by atoms with Crippen LogP contribution >= 0.6 is 0 Å². The topological polar surface area (TPSA) is 0 Å². The number of rotatable bonds is 5. The van der Waals surface area contributed by atoms with Gasteiger partial charge in [0.05, 0.1) is 0 Å². The van der Waals surface area contributed by atoms with E-state index in [1.165, 1.54) is 43.2 Å². The third-order valence-electron chi connectivity index (χ3n) is 5.50. The molecule has 0 aliphatic heterocycles. The second-order valence-corrected chi connectivity index (χ2v) is 7.41. The van der Waals surface area contributed by atoms with Gasteiger partial charge in [0.1, 0.15) is 11.6 Å². The maximum Gasteiger partial charge on any atom is 0.159 e. The molecule has 0 saturated heterocycles. The van der Waals surface area contributed by atoms with Crippen molar-refractivity contribution >= 4 is 12.2 Å². The van der Waals surface area contributed by atoms with Crippen LogP contribution in [0, 0.1) is 29.2 Å². The highest BCUT2D eigenvalue weighted by atomic mass is 19.2. The van der Waals surface area contributed by atoms with E-state index < -0.39 is 23.3 Å². The van der Waals surface area contributed by atoms with Crippen LogP contribution in [0.3, 0.4) is 0 Å². The highest BCUT2D eigenvalue weighted by Crippen LogP contribution is 2.38. The minimum absolute atomic E-state index is 0.164. The number of hydrogen-bond donors (Lipinski definition) is 0. The summed E-state index contributed by atoms with van der Waals surface area (Å²) in [5.74, 6) is -2.26. The normalized spacial score (nSPS) is 20.3. The van der Waals surface area contributed by atoms with Crippen LogP contribution in [0.15, 0.2) is 30.3 Å². The van der Waals surface area contributed by atoms with E-state index in [-0.39, 0.29) is 11.5 Å². The fourth-order valence-electron chi connectivity index (χ4n) is 3.99. The van der Waals surface area contributed by atoms with Gasteiger partial charge in [-0.3, -0.25) is 0 Å². The van der Waals surface area contributed by atoms with Gasteiger partial charge in [-0.2, -0.15) is 0 Å². The molecule has 1 fully saturated rings. The van der Waals surface area contributed by atoms with Crippen molar-refractivity contribution in [3.05, 3.63) is 70.3 Å². The maximum absolute atomic E-state index is 14.5. The molecule has 0 aromatic heterocycles. The van der Waals surface area contributed by atoms with Crippen LogP contribution < -0.4 is 0 Å². The Morgan fingerprint density at radius 2 is 1.48 bits per heavy atom. The first-order valence-electron chi connectivity index (χ1n) is 9.60. The first kappa shape index (κ1) is 19.7. The molecule has 0 radical (unpaired) electrons. The predicted molar refractivity (Wildman–Crippen MR) is 101 cm³/mol. The van der Waals surface area contributed by atoms with Gasteiger partial charge in [-0.15, -0.1) is 0 Å². The molecular formula is C23H24F4. The average molecular weight is 376 g/mol. The molecule has 2 aromatic rings. The lowest BCUT2D eigenvalue weighted by atomic mass is 9.77. The van der Waals surface area contributed by atoms with Crippen molar-refractivity contribution in [2.45, 2.75) is 51.4 Å². The Hall–Kier alpha value is -2.10. The lowest BCUT2D eigenvalue weighted by Gasteiger charge is -2.28. The molecule has 0 heterocycles. The molecule has 0 N–H and O–H groups in total. The van der Waals surface area contributed by atoms with E-state index in [0.717, 1.165) is 43.7 Å². The Morgan fingerprint density at radius 3 is 2.07 bits per heavy atom. The van der Waals surface area contributed by atoms with Crippen LogP contribution in [0.2, 0.25) is 0 Å². The van der Waals surface area contributed by atoms with E-state index in [1.807, 2.05) is 0 Å². The van der Waals surface area contributed by atoms with Gasteiger partial charge in [0.15, 0.2) is 11.6 Å². The third kappa shape index (κ3) is 4.79. The van der Waals surface area contributed by atoms with Crippen molar-refractivity contribution in [2.75, 3.05) is 0 Å². The first-order valence-corrected chi connectivity index (χ1v) is 9.60. The summed E-state index contributed by atoms with van der Waals surface area (Å²) in [6, 6.07) is 6.16. The summed E-state index contributed by atoms with van der Waals surface area (Å²) in [5.41, 5.74) is 0.888. The molecule has 0 spiro atoms. The smallest absolute Gasteiger partial charge is 0.159 e. The van der Waals surface area contributed by atoms with Gasteiger partial charge < -0.3 is 0 Å². The minimum atomic E-state index is -0.993. The number of hydrogen-bond acceptors (Lipinski definition) is 0. The molecule has 0 atom stereocenters. The Balaban J connectivity index is 1.75. The van der Waals surface area contributed by atoms with Gasteiger partial charge in [0, 0.05) is 5.56 Å². The third-order valence-corrected chi connectivity index (χ3v) is 5.50. The van der Waals surface area contributed by atoms with Crippen molar-refractivity contribution in [3.8, 4) is 0 Å². The van der Waals surface area contributed by atoms with Gasteiger partial charge in [-0.1, -0.05) is 31.9 Å². The maximum atomic E-state index is 14.5. The fraction of sp³-hybridized carbons (Fsp3) is 0.391. The zero-order valence-corrected chi connectivity index (χ0v) is 15.5. The summed E-state index contributed by atoms with van der Waals surface area (Å²) in [7, 11) is 0. The summed E-state index contributed by atoms with van der Waals surface area (Å²) in [5, 5.41) is 0. The first-order chi connectivity index (χ1) is 13.0. The zero-order chi connectivity index (χ0) is 19.4. The van der Waals surface area contributed by atoms with Crippen molar-refractivity contribution < 1.29 is 17.6 Å². The molecule has 0 amide bonds. The Labute approximate surface area is 157 Å². The summed E-state index contributed by atoms with van der Waals surface area (Å²) >= 11 is 0. The van der Waals surface area contributed by atoms with E-state index in [4.69, 9.17) is 0 Å². The van der Waals surface area contributed by atoms with E-state index in [9.17, 15) is 17.6 Å². The van der Waals surface area contributed by atoms with Crippen LogP contribution in [0.25, 0.3) is 12.2 Å². The van der Waals surface area contributed by atoms with Crippen molar-refractivity contribution in [2.24, 2.45) is 5.92 Å². The van der Waals surface area contributed by atoms with Crippen LogP contribution in [0.4, 0.5) is 17.6 Å². The van der Waals surface area contributed by atoms with E-state index >= 15 is 0 Å². The van der Waals surface area contributed by atoms with E-state index in [1.54, 1.807) is 0 Å². The summed E-state index contributed by atoms with van der Waals surface area (Å²) in [4.78, 5) is 0. The number of halogens is 4. The molecule has 2 aromatic carbocycles. The molecule has 1 aliphatic carbocycles. The summed E-state index contributed by atoms with van der Waals surface area (Å²) in [6.45, 7) is 2.18. The van der Waals surface area contributed by atoms with Gasteiger partial charge in [0.25, 0.3) is 0 Å². The Bertz CT molecular complexity index is 794. The van der Waals surface area contributed by atoms with Crippen molar-refractivity contribution in [1.82, 2.24) is 0 Å². The van der Waals surface area contributed by atoms with E-state index in [0.29, 0.717) is 11.1 Å². The second kappa shape index (κ2) is 8.73. The van der Waals surface area contributed by atoms with Crippen LogP contribution in [0.5, 0.6) is 0 Å². The molecule has 3 rings (SSSR count). The zero-order valence-electron chi connectivity index (χ0n) is 15.5. The number of benzene rings is 2. The van der Waals surface area contributed by atoms with E-state index in [2.05, 4.69) is 6.92 Å². The van der Waals surface area contributed by atoms with Gasteiger partial charge in [-0.05, 0) is 79.0 Å². The molecule has 0 nitrogen and oxygen atoms in total. The monoisotopic (exact) mass is 376 g/mol. The molecular weight excluding hydrogens is 352 g/mol. The van der Waals surface area contributed by atoms with Gasteiger partial charge >= 0.3 is 0 Å². The second-order valence-electron chi connectivity index (χ2n) is 7.41. The molecule has 1 aliphatic rings. The lowest BCUT2D eigenvalue weighted by Crippen LogP contribution is -2.13. The highest BCUT2D eigenvalue weighted by Gasteiger charge is 2.23. The van der Waals surface area contributed by atoms with Crippen molar-refractivity contribution in [1.29, 1.82) is 0 Å². The molecule has 1 saturated carbocycles. The van der Waals surface area contributed by atoms with Crippen LogP contribution in [-0.2, 0) is 0 Å². The standard InChI is InChI=1S/C23H24F4/c1-2-3-15-4-8-17(9-5-15)18-13-21(25)19(22(26)14-18)10-6-16-7-11-20(24)23(27)12-16/h6-7,10-15,17H,2-5,8-9H2,1H3/b10-6+/t15-,17-. The molecule has 0 bridgehead atoms. The van der Waals surface area contributed by atoms with Gasteiger partial charge in [-0.25, -0.2) is 17.6 Å². The molecule has 0 unspecified atom stereocenters. The highest BCUT2D eigenvalue weighted by molar-refractivity contribution is 5.70. The Morgan fingerprint density at radius 1 is 0.815 bits per heavy atom. The lowest BCUT2D eigenvalue weighted by molar-refractivity contribution is 0.307. The Kier molecular flexibility index (Phi) is 6.35. The van der Waals surface area contributed by atoms with Gasteiger partial charge in [0.2, 0.25) is 0 Å². The van der Waals surface area contributed by atoms with Crippen LogP contribution in [-0.4, -0.2) is 0 Å². The molecule has 144 valence electrons. The molecule has 4 heteroatoms. The minimum Gasteiger partial charge on any atom is -0.206 e.